The molecule has 0 bridgehead atoms. The summed E-state index contributed by atoms with van der Waals surface area (Å²) in [5, 5.41) is 7.89. The second kappa shape index (κ2) is 12.0. The predicted molar refractivity (Wildman–Crippen MR) is 127 cm³/mol. The van der Waals surface area contributed by atoms with Gasteiger partial charge < -0.3 is 15.5 Å². The number of rotatable bonds is 9. The second-order valence-corrected chi connectivity index (χ2v) is 9.12. The first-order valence-electron chi connectivity index (χ1n) is 11.1. The van der Waals surface area contributed by atoms with Gasteiger partial charge in [0.1, 0.15) is 5.01 Å². The van der Waals surface area contributed by atoms with E-state index in [1.54, 1.807) is 11.3 Å². The van der Waals surface area contributed by atoms with E-state index in [2.05, 4.69) is 76.5 Å². The Labute approximate surface area is 185 Å². The number of aryl methyl sites for hydroxylation is 2. The Morgan fingerprint density at radius 1 is 1.07 bits per heavy atom. The van der Waals surface area contributed by atoms with Crippen LogP contribution in [-0.4, -0.2) is 66.6 Å². The van der Waals surface area contributed by atoms with Crippen molar-refractivity contribution in [3.63, 3.8) is 0 Å². The van der Waals surface area contributed by atoms with E-state index in [4.69, 9.17) is 4.99 Å². The molecule has 3 rings (SSSR count). The SMILES string of the molecule is CCNC(=NCc1nc(C)c(C)s1)NCCCN1CCN(Cc2ccccc2)CC1. The highest BCUT2D eigenvalue weighted by Crippen LogP contribution is 2.16. The smallest absolute Gasteiger partial charge is 0.191 e. The van der Waals surface area contributed by atoms with Crippen molar-refractivity contribution in [2.75, 3.05) is 45.8 Å². The zero-order chi connectivity index (χ0) is 21.2. The van der Waals surface area contributed by atoms with Crippen LogP contribution in [0.2, 0.25) is 0 Å². The molecule has 1 aromatic carbocycles. The zero-order valence-electron chi connectivity index (χ0n) is 18.7. The van der Waals surface area contributed by atoms with Crippen molar-refractivity contribution >= 4 is 17.3 Å². The van der Waals surface area contributed by atoms with Crippen molar-refractivity contribution in [1.29, 1.82) is 0 Å². The highest BCUT2D eigenvalue weighted by Gasteiger charge is 2.16. The molecule has 2 heterocycles. The van der Waals surface area contributed by atoms with Gasteiger partial charge in [-0.05, 0) is 39.3 Å². The number of aliphatic imine (C=N–C) groups is 1. The quantitative estimate of drug-likeness (QED) is 0.365. The van der Waals surface area contributed by atoms with Crippen LogP contribution >= 0.6 is 11.3 Å². The number of hydrogen-bond acceptors (Lipinski definition) is 5. The lowest BCUT2D eigenvalue weighted by molar-refractivity contribution is 0.126. The summed E-state index contributed by atoms with van der Waals surface area (Å²) in [6, 6.07) is 10.8. The molecule has 0 spiro atoms. The van der Waals surface area contributed by atoms with Crippen molar-refractivity contribution in [2.24, 2.45) is 4.99 Å². The minimum Gasteiger partial charge on any atom is -0.357 e. The van der Waals surface area contributed by atoms with Crippen LogP contribution in [0.25, 0.3) is 0 Å². The van der Waals surface area contributed by atoms with Gasteiger partial charge in [0.2, 0.25) is 0 Å². The van der Waals surface area contributed by atoms with Gasteiger partial charge in [0.15, 0.2) is 5.96 Å². The van der Waals surface area contributed by atoms with E-state index < -0.39 is 0 Å². The Kier molecular flexibility index (Phi) is 9.11. The van der Waals surface area contributed by atoms with E-state index in [0.29, 0.717) is 6.54 Å². The van der Waals surface area contributed by atoms with E-state index in [1.807, 2.05) is 0 Å². The number of piperazine rings is 1. The monoisotopic (exact) mass is 428 g/mol. The molecule has 1 aliphatic rings. The number of benzene rings is 1. The first kappa shape index (κ1) is 22.7. The fourth-order valence-corrected chi connectivity index (χ4v) is 4.48. The molecule has 0 aliphatic carbocycles. The van der Waals surface area contributed by atoms with E-state index in [1.165, 1.54) is 10.4 Å². The Morgan fingerprint density at radius 2 is 1.80 bits per heavy atom. The largest absolute Gasteiger partial charge is 0.357 e. The highest BCUT2D eigenvalue weighted by atomic mass is 32.1. The fourth-order valence-electron chi connectivity index (χ4n) is 3.62. The summed E-state index contributed by atoms with van der Waals surface area (Å²) in [7, 11) is 0. The minimum absolute atomic E-state index is 0.637. The van der Waals surface area contributed by atoms with Crippen LogP contribution in [0.4, 0.5) is 0 Å². The molecule has 6 nitrogen and oxygen atoms in total. The van der Waals surface area contributed by atoms with E-state index >= 15 is 0 Å². The summed E-state index contributed by atoms with van der Waals surface area (Å²) < 4.78 is 0. The number of nitrogens with one attached hydrogen (secondary N) is 2. The summed E-state index contributed by atoms with van der Waals surface area (Å²) in [6.45, 7) is 15.5. The fraction of sp³-hybridized carbons (Fsp3) is 0.565. The summed E-state index contributed by atoms with van der Waals surface area (Å²) >= 11 is 1.74. The van der Waals surface area contributed by atoms with Crippen LogP contribution in [0.1, 0.15) is 34.5 Å². The average molecular weight is 429 g/mol. The van der Waals surface area contributed by atoms with E-state index in [0.717, 1.165) is 75.4 Å². The van der Waals surface area contributed by atoms with Crippen molar-refractivity contribution < 1.29 is 0 Å². The van der Waals surface area contributed by atoms with Gasteiger partial charge in [-0.15, -0.1) is 11.3 Å². The molecule has 1 saturated heterocycles. The molecule has 2 N–H and O–H groups in total. The Balaban J connectivity index is 1.33. The summed E-state index contributed by atoms with van der Waals surface area (Å²) in [5.74, 6) is 0.885. The molecule has 0 atom stereocenters. The number of aromatic nitrogens is 1. The number of hydrogen-bond donors (Lipinski definition) is 2. The topological polar surface area (TPSA) is 55.8 Å². The van der Waals surface area contributed by atoms with Gasteiger partial charge >= 0.3 is 0 Å². The number of nitrogens with zero attached hydrogens (tertiary/aromatic N) is 4. The predicted octanol–water partition coefficient (Wildman–Crippen LogP) is 3.02. The summed E-state index contributed by atoms with van der Waals surface area (Å²) in [5.41, 5.74) is 2.53. The van der Waals surface area contributed by atoms with Gasteiger partial charge in [-0.3, -0.25) is 4.90 Å². The van der Waals surface area contributed by atoms with Gasteiger partial charge in [0.25, 0.3) is 0 Å². The molecule has 0 unspecified atom stereocenters. The molecule has 2 aromatic rings. The molecule has 1 aromatic heterocycles. The highest BCUT2D eigenvalue weighted by molar-refractivity contribution is 7.11. The van der Waals surface area contributed by atoms with Crippen LogP contribution < -0.4 is 10.6 Å². The van der Waals surface area contributed by atoms with Gasteiger partial charge in [0, 0.05) is 50.7 Å². The first-order valence-corrected chi connectivity index (χ1v) is 11.9. The second-order valence-electron chi connectivity index (χ2n) is 7.83. The molecule has 30 heavy (non-hydrogen) atoms. The molecule has 0 amide bonds. The minimum atomic E-state index is 0.637. The standard InChI is InChI=1S/C23H36N6S/c1-4-24-23(26-17-22-27-19(2)20(3)30-22)25-11-8-12-28-13-15-29(16-14-28)18-21-9-6-5-7-10-21/h5-7,9-10H,4,8,11-18H2,1-3H3,(H2,24,25,26). The lowest BCUT2D eigenvalue weighted by atomic mass is 10.2. The third-order valence-corrected chi connectivity index (χ3v) is 6.50. The average Bonchev–Trinajstić information content (AvgIpc) is 3.08. The van der Waals surface area contributed by atoms with Crippen molar-refractivity contribution in [3.05, 3.63) is 51.5 Å². The Hall–Kier alpha value is -1.96. The lowest BCUT2D eigenvalue weighted by Crippen LogP contribution is -2.46. The van der Waals surface area contributed by atoms with Crippen LogP contribution in [0.15, 0.2) is 35.3 Å². The van der Waals surface area contributed by atoms with Gasteiger partial charge in [-0.2, -0.15) is 0 Å². The Bertz CT molecular complexity index is 761. The van der Waals surface area contributed by atoms with Crippen molar-refractivity contribution in [1.82, 2.24) is 25.4 Å². The molecular formula is C23H36N6S. The zero-order valence-corrected chi connectivity index (χ0v) is 19.5. The van der Waals surface area contributed by atoms with Gasteiger partial charge in [-0.1, -0.05) is 30.3 Å². The lowest BCUT2D eigenvalue weighted by Gasteiger charge is -2.34. The summed E-state index contributed by atoms with van der Waals surface area (Å²) in [4.78, 5) is 15.7. The van der Waals surface area contributed by atoms with Gasteiger partial charge in [0.05, 0.1) is 12.2 Å². The molecule has 1 aliphatic heterocycles. The van der Waals surface area contributed by atoms with Gasteiger partial charge in [-0.25, -0.2) is 9.98 Å². The van der Waals surface area contributed by atoms with Crippen molar-refractivity contribution in [3.8, 4) is 0 Å². The van der Waals surface area contributed by atoms with Crippen LogP contribution in [0, 0.1) is 13.8 Å². The molecule has 164 valence electrons. The van der Waals surface area contributed by atoms with Crippen LogP contribution in [0.5, 0.6) is 0 Å². The molecular weight excluding hydrogens is 392 g/mol. The number of guanidine groups is 1. The summed E-state index contributed by atoms with van der Waals surface area (Å²) in [6.07, 6.45) is 1.12. The molecule has 0 saturated carbocycles. The third-order valence-electron chi connectivity index (χ3n) is 5.45. The maximum atomic E-state index is 4.69. The van der Waals surface area contributed by atoms with Crippen LogP contribution in [-0.2, 0) is 13.1 Å². The van der Waals surface area contributed by atoms with Crippen LogP contribution in [0.3, 0.4) is 0 Å². The molecule has 1 fully saturated rings. The maximum Gasteiger partial charge on any atom is 0.191 e. The first-order chi connectivity index (χ1) is 14.6. The normalized spacial score (nSPS) is 16.0. The Morgan fingerprint density at radius 3 is 2.47 bits per heavy atom. The third kappa shape index (κ3) is 7.38. The molecule has 0 radical (unpaired) electrons. The van der Waals surface area contributed by atoms with E-state index in [-0.39, 0.29) is 0 Å². The maximum absolute atomic E-state index is 4.69. The number of thiazole rings is 1. The molecule has 7 heteroatoms. The van der Waals surface area contributed by atoms with Crippen molar-refractivity contribution in [2.45, 2.75) is 40.3 Å². The van der Waals surface area contributed by atoms with E-state index in [9.17, 15) is 0 Å².